The van der Waals surface area contributed by atoms with Crippen molar-refractivity contribution in [2.45, 2.75) is 13.0 Å². The van der Waals surface area contributed by atoms with Crippen molar-refractivity contribution in [1.29, 1.82) is 0 Å². The maximum atomic E-state index is 12.5. The number of benzene rings is 2. The molecule has 3 aromatic rings. The Labute approximate surface area is 172 Å². The first kappa shape index (κ1) is 20.4. The number of aromatic nitrogens is 1. The second kappa shape index (κ2) is 8.79. The summed E-state index contributed by atoms with van der Waals surface area (Å²) in [5, 5.41) is 3.79. The van der Waals surface area contributed by atoms with Crippen LogP contribution in [0.3, 0.4) is 0 Å². The fraction of sp³-hybridized carbons (Fsp3) is 0.190. The number of esters is 1. The second-order valence-corrected chi connectivity index (χ2v) is 6.53. The van der Waals surface area contributed by atoms with Gasteiger partial charge in [-0.25, -0.2) is 9.78 Å². The molecule has 1 atom stereocenters. The third-order valence-electron chi connectivity index (χ3n) is 4.21. The predicted octanol–water partition coefficient (Wildman–Crippen LogP) is 4.09. The van der Waals surface area contributed by atoms with Crippen molar-refractivity contribution >= 4 is 40.1 Å². The van der Waals surface area contributed by atoms with Gasteiger partial charge in [0.15, 0.2) is 6.10 Å². The van der Waals surface area contributed by atoms with Crippen LogP contribution >= 0.6 is 11.6 Å². The van der Waals surface area contributed by atoms with Crippen LogP contribution in [0.15, 0.2) is 48.5 Å². The number of anilines is 1. The molecule has 0 bridgehead atoms. The van der Waals surface area contributed by atoms with Crippen molar-refractivity contribution < 1.29 is 23.8 Å². The average molecular weight is 415 g/mol. The molecule has 0 aliphatic heterocycles. The van der Waals surface area contributed by atoms with Crippen molar-refractivity contribution in [2.75, 3.05) is 19.5 Å². The molecule has 3 rings (SSSR count). The van der Waals surface area contributed by atoms with E-state index in [-0.39, 0.29) is 0 Å². The van der Waals surface area contributed by atoms with Crippen molar-refractivity contribution in [1.82, 2.24) is 4.98 Å². The van der Waals surface area contributed by atoms with Gasteiger partial charge in [0.1, 0.15) is 16.7 Å². The Hall–Kier alpha value is -3.32. The number of nitrogens with one attached hydrogen (secondary N) is 1. The molecule has 0 saturated carbocycles. The molecule has 1 heterocycles. The SMILES string of the molecule is COc1ccc(OC)c(NC(=O)C(C)OC(=O)c2ccc3nc(Cl)ccc3c2)c1. The molecule has 0 spiro atoms. The zero-order chi connectivity index (χ0) is 21.0. The lowest BCUT2D eigenvalue weighted by molar-refractivity contribution is -0.123. The third kappa shape index (κ3) is 4.75. The van der Waals surface area contributed by atoms with Gasteiger partial charge in [0, 0.05) is 11.5 Å². The second-order valence-electron chi connectivity index (χ2n) is 6.14. The summed E-state index contributed by atoms with van der Waals surface area (Å²) in [4.78, 5) is 29.1. The third-order valence-corrected chi connectivity index (χ3v) is 4.42. The van der Waals surface area contributed by atoms with Gasteiger partial charge in [-0.15, -0.1) is 0 Å². The monoisotopic (exact) mass is 414 g/mol. The first-order valence-corrected chi connectivity index (χ1v) is 9.09. The van der Waals surface area contributed by atoms with Gasteiger partial charge in [0.05, 0.1) is 31.0 Å². The fourth-order valence-corrected chi connectivity index (χ4v) is 2.81. The minimum atomic E-state index is -1.03. The van der Waals surface area contributed by atoms with Crippen LogP contribution in [0.5, 0.6) is 11.5 Å². The van der Waals surface area contributed by atoms with Gasteiger partial charge in [0.2, 0.25) is 0 Å². The lowest BCUT2D eigenvalue weighted by atomic mass is 10.1. The van der Waals surface area contributed by atoms with E-state index in [4.69, 9.17) is 25.8 Å². The number of halogens is 1. The van der Waals surface area contributed by atoms with Crippen LogP contribution in [0.4, 0.5) is 5.69 Å². The number of hydrogen-bond acceptors (Lipinski definition) is 6. The highest BCUT2D eigenvalue weighted by Gasteiger charge is 2.21. The first-order chi connectivity index (χ1) is 13.9. The number of amides is 1. The van der Waals surface area contributed by atoms with E-state index in [1.54, 1.807) is 48.5 Å². The highest BCUT2D eigenvalue weighted by Crippen LogP contribution is 2.29. The molecule has 0 saturated heterocycles. The summed E-state index contributed by atoms with van der Waals surface area (Å²) in [5.41, 5.74) is 1.37. The summed E-state index contributed by atoms with van der Waals surface area (Å²) < 4.78 is 15.7. The van der Waals surface area contributed by atoms with Crippen LogP contribution in [-0.2, 0) is 9.53 Å². The van der Waals surface area contributed by atoms with E-state index in [0.29, 0.717) is 33.4 Å². The van der Waals surface area contributed by atoms with Crippen molar-refractivity contribution in [3.05, 3.63) is 59.2 Å². The van der Waals surface area contributed by atoms with Gasteiger partial charge in [-0.05, 0) is 49.4 Å². The van der Waals surface area contributed by atoms with Gasteiger partial charge >= 0.3 is 5.97 Å². The smallest absolute Gasteiger partial charge is 0.338 e. The van der Waals surface area contributed by atoms with E-state index in [9.17, 15) is 9.59 Å². The van der Waals surface area contributed by atoms with Crippen LogP contribution in [-0.4, -0.2) is 37.2 Å². The number of methoxy groups -OCH3 is 2. The Morgan fingerprint density at radius 1 is 1.03 bits per heavy atom. The number of carbonyl (C=O) groups is 2. The number of pyridine rings is 1. The molecule has 1 N–H and O–H groups in total. The van der Waals surface area contributed by atoms with Crippen LogP contribution < -0.4 is 14.8 Å². The summed E-state index contributed by atoms with van der Waals surface area (Å²) in [7, 11) is 3.01. The quantitative estimate of drug-likeness (QED) is 0.483. The summed E-state index contributed by atoms with van der Waals surface area (Å²) in [6.45, 7) is 1.49. The van der Waals surface area contributed by atoms with Gasteiger partial charge < -0.3 is 19.5 Å². The van der Waals surface area contributed by atoms with Gasteiger partial charge in [-0.2, -0.15) is 0 Å². The zero-order valence-electron chi connectivity index (χ0n) is 16.1. The molecular formula is C21H19ClN2O5. The molecule has 2 aromatic carbocycles. The van der Waals surface area contributed by atoms with Crippen molar-refractivity contribution in [2.24, 2.45) is 0 Å². The molecule has 1 unspecified atom stereocenters. The zero-order valence-corrected chi connectivity index (χ0v) is 16.8. The number of fused-ring (bicyclic) bond motifs is 1. The Morgan fingerprint density at radius 2 is 1.83 bits per heavy atom. The molecule has 150 valence electrons. The molecule has 0 fully saturated rings. The summed E-state index contributed by atoms with van der Waals surface area (Å²) in [6.07, 6.45) is -1.03. The average Bonchev–Trinajstić information content (AvgIpc) is 2.73. The summed E-state index contributed by atoms with van der Waals surface area (Å²) >= 11 is 5.87. The number of nitrogens with zero attached hydrogens (tertiary/aromatic N) is 1. The standard InChI is InChI=1S/C21H19ClN2O5/c1-12(20(25)24-17-11-15(27-2)6-8-18(17)28-3)29-21(26)14-4-7-16-13(10-14)5-9-19(22)23-16/h4-12H,1-3H3,(H,24,25). The topological polar surface area (TPSA) is 86.8 Å². The Bertz CT molecular complexity index is 1070. The van der Waals surface area contributed by atoms with E-state index in [0.717, 1.165) is 5.39 Å². The predicted molar refractivity (Wildman–Crippen MR) is 110 cm³/mol. The fourth-order valence-electron chi connectivity index (χ4n) is 2.66. The largest absolute Gasteiger partial charge is 0.497 e. The molecule has 0 aliphatic carbocycles. The van der Waals surface area contributed by atoms with Crippen LogP contribution in [0.1, 0.15) is 17.3 Å². The van der Waals surface area contributed by atoms with Crippen LogP contribution in [0, 0.1) is 0 Å². The number of ether oxygens (including phenoxy) is 3. The van der Waals surface area contributed by atoms with Crippen LogP contribution in [0.2, 0.25) is 5.15 Å². The van der Waals surface area contributed by atoms with Crippen LogP contribution in [0.25, 0.3) is 10.9 Å². The molecule has 29 heavy (non-hydrogen) atoms. The van der Waals surface area contributed by atoms with E-state index in [2.05, 4.69) is 10.3 Å². The highest BCUT2D eigenvalue weighted by atomic mass is 35.5. The molecule has 1 amide bonds. The number of hydrogen-bond donors (Lipinski definition) is 1. The maximum Gasteiger partial charge on any atom is 0.338 e. The summed E-state index contributed by atoms with van der Waals surface area (Å²) in [5.74, 6) is -0.116. The van der Waals surface area contributed by atoms with E-state index < -0.39 is 18.0 Å². The first-order valence-electron chi connectivity index (χ1n) is 8.71. The van der Waals surface area contributed by atoms with Gasteiger partial charge in [-0.3, -0.25) is 4.79 Å². The lowest BCUT2D eigenvalue weighted by Gasteiger charge is -2.16. The summed E-state index contributed by atoms with van der Waals surface area (Å²) in [6, 6.07) is 13.3. The minimum absolute atomic E-state index is 0.306. The number of carbonyl (C=O) groups excluding carboxylic acids is 2. The molecule has 0 aliphatic rings. The van der Waals surface area contributed by atoms with E-state index in [1.165, 1.54) is 21.1 Å². The van der Waals surface area contributed by atoms with Crippen molar-refractivity contribution in [3.63, 3.8) is 0 Å². The molecule has 0 radical (unpaired) electrons. The maximum absolute atomic E-state index is 12.5. The van der Waals surface area contributed by atoms with Gasteiger partial charge in [-0.1, -0.05) is 11.6 Å². The van der Waals surface area contributed by atoms with E-state index in [1.807, 2.05) is 0 Å². The molecule has 8 heteroatoms. The Morgan fingerprint density at radius 3 is 2.55 bits per heavy atom. The highest BCUT2D eigenvalue weighted by molar-refractivity contribution is 6.29. The Balaban J connectivity index is 1.71. The molecular weight excluding hydrogens is 396 g/mol. The molecule has 1 aromatic heterocycles. The molecule has 7 nitrogen and oxygen atoms in total. The van der Waals surface area contributed by atoms with E-state index >= 15 is 0 Å². The normalized spacial score (nSPS) is 11.6. The van der Waals surface area contributed by atoms with Crippen molar-refractivity contribution in [3.8, 4) is 11.5 Å². The minimum Gasteiger partial charge on any atom is -0.497 e. The lowest BCUT2D eigenvalue weighted by Crippen LogP contribution is -2.30. The Kier molecular flexibility index (Phi) is 6.19. The van der Waals surface area contributed by atoms with Gasteiger partial charge in [0.25, 0.3) is 5.91 Å². The number of rotatable bonds is 6.